The summed E-state index contributed by atoms with van der Waals surface area (Å²) in [5.74, 6) is 0.903. The van der Waals surface area contributed by atoms with Gasteiger partial charge in [0.05, 0.1) is 19.5 Å². The maximum Gasteiger partial charge on any atom is 0.228 e. The standard InChI is InChI=1S/C16H20N8O/c1-10(2)24-9-20-13-12(11-7-18-15(17)19-8-11)21-16(22-14(13)24)23-3-5-25-6-4-23/h7-10H,3-6H2,1-2H3,(H2,17,18,19). The predicted octanol–water partition coefficient (Wildman–Crippen LogP) is 1.28. The molecule has 9 nitrogen and oxygen atoms in total. The summed E-state index contributed by atoms with van der Waals surface area (Å²) in [4.78, 5) is 24.4. The molecule has 0 aromatic carbocycles. The lowest BCUT2D eigenvalue weighted by molar-refractivity contribution is 0.122. The van der Waals surface area contributed by atoms with Crippen molar-refractivity contribution in [2.24, 2.45) is 0 Å². The minimum Gasteiger partial charge on any atom is -0.378 e. The molecule has 1 saturated heterocycles. The Balaban J connectivity index is 1.91. The molecule has 9 heteroatoms. The van der Waals surface area contributed by atoms with Crippen molar-refractivity contribution in [2.45, 2.75) is 19.9 Å². The summed E-state index contributed by atoms with van der Waals surface area (Å²) in [6.45, 7) is 7.07. The van der Waals surface area contributed by atoms with Crippen LogP contribution in [0.4, 0.5) is 11.9 Å². The van der Waals surface area contributed by atoms with Gasteiger partial charge in [0.2, 0.25) is 11.9 Å². The Hall–Kier alpha value is -2.81. The third-order valence-corrected chi connectivity index (χ3v) is 4.21. The van der Waals surface area contributed by atoms with Crippen molar-refractivity contribution in [1.82, 2.24) is 29.5 Å². The van der Waals surface area contributed by atoms with Gasteiger partial charge in [-0.1, -0.05) is 0 Å². The van der Waals surface area contributed by atoms with Crippen LogP contribution in [0, 0.1) is 0 Å². The Bertz CT molecular complexity index is 883. The zero-order valence-electron chi connectivity index (χ0n) is 14.3. The van der Waals surface area contributed by atoms with Crippen molar-refractivity contribution >= 4 is 23.1 Å². The summed E-state index contributed by atoms with van der Waals surface area (Å²) in [5, 5.41) is 0. The fourth-order valence-corrected chi connectivity index (χ4v) is 2.85. The number of imidazole rings is 1. The van der Waals surface area contributed by atoms with Gasteiger partial charge in [-0.25, -0.2) is 19.9 Å². The maximum atomic E-state index is 5.61. The molecule has 1 aliphatic heterocycles. The summed E-state index contributed by atoms with van der Waals surface area (Å²) in [7, 11) is 0. The summed E-state index contributed by atoms with van der Waals surface area (Å²) in [6, 6.07) is 0.243. The molecule has 4 rings (SSSR count). The van der Waals surface area contributed by atoms with E-state index in [-0.39, 0.29) is 12.0 Å². The second-order valence-electron chi connectivity index (χ2n) is 6.22. The van der Waals surface area contributed by atoms with E-state index in [0.717, 1.165) is 29.8 Å². The Kier molecular flexibility index (Phi) is 3.92. The summed E-state index contributed by atoms with van der Waals surface area (Å²) >= 11 is 0. The average molecular weight is 340 g/mol. The lowest BCUT2D eigenvalue weighted by Gasteiger charge is -2.27. The topological polar surface area (TPSA) is 108 Å². The quantitative estimate of drug-likeness (QED) is 0.760. The largest absolute Gasteiger partial charge is 0.378 e. The smallest absolute Gasteiger partial charge is 0.228 e. The Morgan fingerprint density at radius 2 is 1.80 bits per heavy atom. The fraction of sp³-hybridized carbons (Fsp3) is 0.438. The van der Waals surface area contributed by atoms with E-state index in [1.807, 2.05) is 4.57 Å². The second kappa shape index (κ2) is 6.25. The molecule has 0 amide bonds. The summed E-state index contributed by atoms with van der Waals surface area (Å²) in [6.07, 6.45) is 5.14. The van der Waals surface area contributed by atoms with Gasteiger partial charge in [0.1, 0.15) is 11.2 Å². The van der Waals surface area contributed by atoms with Crippen LogP contribution in [-0.4, -0.2) is 55.8 Å². The number of fused-ring (bicyclic) bond motifs is 1. The molecule has 0 aliphatic carbocycles. The molecular weight excluding hydrogens is 320 g/mol. The number of rotatable bonds is 3. The van der Waals surface area contributed by atoms with Gasteiger partial charge >= 0.3 is 0 Å². The highest BCUT2D eigenvalue weighted by Gasteiger charge is 2.21. The van der Waals surface area contributed by atoms with E-state index in [9.17, 15) is 0 Å². The van der Waals surface area contributed by atoms with E-state index >= 15 is 0 Å². The number of anilines is 2. The Morgan fingerprint density at radius 1 is 1.08 bits per heavy atom. The molecule has 130 valence electrons. The van der Waals surface area contributed by atoms with Gasteiger partial charge in [-0.05, 0) is 13.8 Å². The highest BCUT2D eigenvalue weighted by Crippen LogP contribution is 2.28. The van der Waals surface area contributed by atoms with Crippen LogP contribution in [-0.2, 0) is 4.74 Å². The van der Waals surface area contributed by atoms with Gasteiger partial charge in [0.15, 0.2) is 5.65 Å². The normalized spacial score (nSPS) is 15.2. The van der Waals surface area contributed by atoms with Crippen LogP contribution in [0.3, 0.4) is 0 Å². The molecule has 0 radical (unpaired) electrons. The SMILES string of the molecule is CC(C)n1cnc2c(-c3cnc(N)nc3)nc(N3CCOCC3)nc21. The van der Waals surface area contributed by atoms with Crippen LogP contribution in [0.1, 0.15) is 19.9 Å². The van der Waals surface area contributed by atoms with Gasteiger partial charge < -0.3 is 19.9 Å². The number of aromatic nitrogens is 6. The third-order valence-electron chi connectivity index (χ3n) is 4.21. The van der Waals surface area contributed by atoms with Crippen molar-refractivity contribution in [1.29, 1.82) is 0 Å². The minimum atomic E-state index is 0.232. The number of nitrogen functional groups attached to an aromatic ring is 1. The molecule has 0 saturated carbocycles. The molecule has 2 N–H and O–H groups in total. The van der Waals surface area contributed by atoms with Crippen molar-refractivity contribution in [2.75, 3.05) is 36.9 Å². The van der Waals surface area contributed by atoms with Gasteiger partial charge in [0, 0.05) is 37.1 Å². The number of hydrogen-bond acceptors (Lipinski definition) is 8. The molecule has 0 spiro atoms. The van der Waals surface area contributed by atoms with Crippen LogP contribution < -0.4 is 10.6 Å². The van der Waals surface area contributed by atoms with Crippen LogP contribution in [0.2, 0.25) is 0 Å². The van der Waals surface area contributed by atoms with Crippen LogP contribution in [0.5, 0.6) is 0 Å². The average Bonchev–Trinajstić information content (AvgIpc) is 3.07. The first-order valence-corrected chi connectivity index (χ1v) is 8.28. The van der Waals surface area contributed by atoms with E-state index in [0.29, 0.717) is 24.9 Å². The molecule has 3 aromatic heterocycles. The van der Waals surface area contributed by atoms with Crippen molar-refractivity contribution in [3.8, 4) is 11.3 Å². The molecule has 25 heavy (non-hydrogen) atoms. The third kappa shape index (κ3) is 2.86. The maximum absolute atomic E-state index is 5.61. The number of morpholine rings is 1. The van der Waals surface area contributed by atoms with Crippen molar-refractivity contribution in [3.05, 3.63) is 18.7 Å². The first-order valence-electron chi connectivity index (χ1n) is 8.28. The second-order valence-corrected chi connectivity index (χ2v) is 6.22. The van der Waals surface area contributed by atoms with Gasteiger partial charge in [-0.15, -0.1) is 0 Å². The Labute approximate surface area is 144 Å². The number of hydrogen-bond donors (Lipinski definition) is 1. The number of nitrogens with two attached hydrogens (primary N) is 1. The van der Waals surface area contributed by atoms with Crippen LogP contribution >= 0.6 is 0 Å². The number of nitrogens with zero attached hydrogens (tertiary/aromatic N) is 7. The molecule has 4 heterocycles. The van der Waals surface area contributed by atoms with Gasteiger partial charge in [-0.2, -0.15) is 4.98 Å². The van der Waals surface area contributed by atoms with E-state index in [2.05, 4.69) is 33.7 Å². The zero-order chi connectivity index (χ0) is 17.4. The van der Waals surface area contributed by atoms with Crippen LogP contribution in [0.15, 0.2) is 18.7 Å². The van der Waals surface area contributed by atoms with E-state index in [1.54, 1.807) is 18.7 Å². The lowest BCUT2D eigenvalue weighted by atomic mass is 10.2. The van der Waals surface area contributed by atoms with Crippen molar-refractivity contribution < 1.29 is 4.74 Å². The summed E-state index contributed by atoms with van der Waals surface area (Å²) in [5.41, 5.74) is 8.63. The van der Waals surface area contributed by atoms with E-state index in [1.165, 1.54) is 0 Å². The molecular formula is C16H20N8O. The van der Waals surface area contributed by atoms with E-state index < -0.39 is 0 Å². The molecule has 0 unspecified atom stereocenters. The highest BCUT2D eigenvalue weighted by atomic mass is 16.5. The van der Waals surface area contributed by atoms with Gasteiger partial charge in [-0.3, -0.25) is 0 Å². The predicted molar refractivity (Wildman–Crippen MR) is 94.2 cm³/mol. The molecule has 3 aromatic rings. The lowest BCUT2D eigenvalue weighted by Crippen LogP contribution is -2.37. The highest BCUT2D eigenvalue weighted by molar-refractivity contribution is 5.88. The molecule has 0 bridgehead atoms. The zero-order valence-corrected chi connectivity index (χ0v) is 14.3. The molecule has 0 atom stereocenters. The first kappa shape index (κ1) is 15.7. The monoisotopic (exact) mass is 340 g/mol. The minimum absolute atomic E-state index is 0.232. The van der Waals surface area contributed by atoms with E-state index in [4.69, 9.17) is 20.4 Å². The molecule has 1 fully saturated rings. The summed E-state index contributed by atoms with van der Waals surface area (Å²) < 4.78 is 7.48. The van der Waals surface area contributed by atoms with Crippen molar-refractivity contribution in [3.63, 3.8) is 0 Å². The van der Waals surface area contributed by atoms with Gasteiger partial charge in [0.25, 0.3) is 0 Å². The first-order chi connectivity index (χ1) is 12.1. The Morgan fingerprint density at radius 3 is 2.48 bits per heavy atom. The fourth-order valence-electron chi connectivity index (χ4n) is 2.85. The number of ether oxygens (including phenoxy) is 1. The molecule has 1 aliphatic rings. The van der Waals surface area contributed by atoms with Crippen LogP contribution in [0.25, 0.3) is 22.4 Å².